The highest BCUT2D eigenvalue weighted by Gasteiger charge is 2.12. The lowest BCUT2D eigenvalue weighted by molar-refractivity contribution is -0.116. The van der Waals surface area contributed by atoms with E-state index in [-0.39, 0.29) is 18.0 Å². The summed E-state index contributed by atoms with van der Waals surface area (Å²) in [4.78, 5) is 10.9. The minimum atomic E-state index is -0.460. The highest BCUT2D eigenvalue weighted by atomic mass is 79.9. The lowest BCUT2D eigenvalue weighted by Gasteiger charge is -2.08. The molecular formula is C10H10BrFO2. The van der Waals surface area contributed by atoms with Gasteiger partial charge < -0.3 is 4.74 Å². The van der Waals surface area contributed by atoms with E-state index in [0.717, 1.165) is 0 Å². The average Bonchev–Trinajstić information content (AvgIpc) is 2.01. The first-order valence-corrected chi connectivity index (χ1v) is 4.85. The number of methoxy groups -OCH3 is 1. The van der Waals surface area contributed by atoms with Gasteiger partial charge in [-0.05, 0) is 19.1 Å². The largest absolute Gasteiger partial charge is 0.493 e. The maximum atomic E-state index is 13.3. The Hall–Kier alpha value is -0.900. The summed E-state index contributed by atoms with van der Waals surface area (Å²) in [5.41, 5.74) is 0.562. The number of benzene rings is 1. The van der Waals surface area contributed by atoms with Crippen molar-refractivity contribution in [3.63, 3.8) is 0 Å². The van der Waals surface area contributed by atoms with E-state index in [2.05, 4.69) is 15.9 Å². The normalized spacial score (nSPS) is 10.0. The van der Waals surface area contributed by atoms with Crippen LogP contribution in [0.4, 0.5) is 4.39 Å². The standard InChI is InChI=1S/C10H10BrFO2/c1-6(13)3-7-4-8(11)5-9(12)10(7)14-2/h4-5H,3H2,1-2H3. The number of hydrogen-bond acceptors (Lipinski definition) is 2. The SMILES string of the molecule is COc1c(F)cc(Br)cc1CC(C)=O. The van der Waals surface area contributed by atoms with Gasteiger partial charge in [-0.15, -0.1) is 0 Å². The fourth-order valence-corrected chi connectivity index (χ4v) is 1.72. The number of rotatable bonds is 3. The van der Waals surface area contributed by atoms with Gasteiger partial charge in [-0.2, -0.15) is 0 Å². The molecule has 0 spiro atoms. The molecule has 0 radical (unpaired) electrons. The van der Waals surface area contributed by atoms with Crippen LogP contribution in [-0.4, -0.2) is 12.9 Å². The Labute approximate surface area is 90.2 Å². The van der Waals surface area contributed by atoms with Crippen LogP contribution in [0.3, 0.4) is 0 Å². The number of carbonyl (C=O) groups is 1. The van der Waals surface area contributed by atoms with Crippen LogP contribution in [0, 0.1) is 5.82 Å². The van der Waals surface area contributed by atoms with Crippen molar-refractivity contribution in [1.29, 1.82) is 0 Å². The van der Waals surface area contributed by atoms with Gasteiger partial charge in [-0.1, -0.05) is 15.9 Å². The molecule has 0 saturated heterocycles. The first kappa shape index (κ1) is 11.2. The maximum absolute atomic E-state index is 13.3. The molecule has 0 atom stereocenters. The van der Waals surface area contributed by atoms with Crippen molar-refractivity contribution < 1.29 is 13.9 Å². The van der Waals surface area contributed by atoms with E-state index in [9.17, 15) is 9.18 Å². The summed E-state index contributed by atoms with van der Waals surface area (Å²) in [7, 11) is 1.38. The molecule has 4 heteroatoms. The molecule has 0 heterocycles. The Kier molecular flexibility index (Phi) is 3.63. The Morgan fingerprint density at radius 1 is 1.57 bits per heavy atom. The quantitative estimate of drug-likeness (QED) is 0.836. The molecule has 0 aliphatic rings. The van der Waals surface area contributed by atoms with E-state index in [0.29, 0.717) is 10.0 Å². The molecule has 0 aromatic heterocycles. The molecule has 1 rings (SSSR count). The number of ketones is 1. The van der Waals surface area contributed by atoms with Crippen molar-refractivity contribution in [3.8, 4) is 5.75 Å². The van der Waals surface area contributed by atoms with Crippen LogP contribution >= 0.6 is 15.9 Å². The van der Waals surface area contributed by atoms with E-state index in [1.54, 1.807) is 6.07 Å². The maximum Gasteiger partial charge on any atom is 0.166 e. The van der Waals surface area contributed by atoms with Crippen molar-refractivity contribution in [2.45, 2.75) is 13.3 Å². The summed E-state index contributed by atoms with van der Waals surface area (Å²) < 4.78 is 18.8. The van der Waals surface area contributed by atoms with Gasteiger partial charge in [0.2, 0.25) is 0 Å². The fourth-order valence-electron chi connectivity index (χ4n) is 1.24. The fraction of sp³-hybridized carbons (Fsp3) is 0.300. The van der Waals surface area contributed by atoms with Crippen molar-refractivity contribution >= 4 is 21.7 Å². The van der Waals surface area contributed by atoms with E-state index in [1.165, 1.54) is 20.1 Å². The van der Waals surface area contributed by atoms with E-state index in [4.69, 9.17) is 4.74 Å². The summed E-state index contributed by atoms with van der Waals surface area (Å²) in [6.07, 6.45) is 0.180. The zero-order valence-corrected chi connectivity index (χ0v) is 9.52. The van der Waals surface area contributed by atoms with Crippen molar-refractivity contribution in [2.24, 2.45) is 0 Å². The second kappa shape index (κ2) is 4.55. The highest BCUT2D eigenvalue weighted by Crippen LogP contribution is 2.27. The van der Waals surface area contributed by atoms with Crippen molar-refractivity contribution in [1.82, 2.24) is 0 Å². The second-order valence-electron chi connectivity index (χ2n) is 2.96. The van der Waals surface area contributed by atoms with Crippen LogP contribution in [0.5, 0.6) is 5.75 Å². The van der Waals surface area contributed by atoms with Gasteiger partial charge in [0.15, 0.2) is 11.6 Å². The smallest absolute Gasteiger partial charge is 0.166 e. The summed E-state index contributed by atoms with van der Waals surface area (Å²) in [5, 5.41) is 0. The molecule has 2 nitrogen and oxygen atoms in total. The van der Waals surface area contributed by atoms with E-state index < -0.39 is 5.82 Å². The zero-order chi connectivity index (χ0) is 10.7. The van der Waals surface area contributed by atoms with Gasteiger partial charge in [0.1, 0.15) is 5.78 Å². The molecule has 1 aromatic carbocycles. The van der Waals surface area contributed by atoms with Crippen LogP contribution in [0.2, 0.25) is 0 Å². The lowest BCUT2D eigenvalue weighted by atomic mass is 10.1. The third-order valence-corrected chi connectivity index (χ3v) is 2.19. The topological polar surface area (TPSA) is 26.3 Å². The number of hydrogen-bond donors (Lipinski definition) is 0. The van der Waals surface area contributed by atoms with Crippen LogP contribution in [0.15, 0.2) is 16.6 Å². The lowest BCUT2D eigenvalue weighted by Crippen LogP contribution is -2.01. The van der Waals surface area contributed by atoms with Gasteiger partial charge in [-0.25, -0.2) is 4.39 Å². The first-order chi connectivity index (χ1) is 6.54. The van der Waals surface area contributed by atoms with E-state index in [1.807, 2.05) is 0 Å². The number of halogens is 2. The van der Waals surface area contributed by atoms with E-state index >= 15 is 0 Å². The van der Waals surface area contributed by atoms with Crippen molar-refractivity contribution in [3.05, 3.63) is 28.0 Å². The summed E-state index contributed by atoms with van der Waals surface area (Å²) in [6, 6.07) is 2.99. The molecule has 0 amide bonds. The zero-order valence-electron chi connectivity index (χ0n) is 7.93. The second-order valence-corrected chi connectivity index (χ2v) is 3.87. The third kappa shape index (κ3) is 2.54. The molecule has 0 saturated carbocycles. The van der Waals surface area contributed by atoms with Gasteiger partial charge >= 0.3 is 0 Å². The molecule has 0 aliphatic heterocycles. The van der Waals surface area contributed by atoms with Gasteiger partial charge in [0, 0.05) is 16.5 Å². The van der Waals surface area contributed by atoms with Crippen LogP contribution < -0.4 is 4.74 Å². The number of carbonyl (C=O) groups excluding carboxylic acids is 1. The molecular weight excluding hydrogens is 251 g/mol. The minimum Gasteiger partial charge on any atom is -0.493 e. The monoisotopic (exact) mass is 260 g/mol. The molecule has 0 bridgehead atoms. The minimum absolute atomic E-state index is 0.0270. The van der Waals surface area contributed by atoms with Crippen LogP contribution in [-0.2, 0) is 11.2 Å². The number of ether oxygens (including phenoxy) is 1. The molecule has 76 valence electrons. The third-order valence-electron chi connectivity index (χ3n) is 1.73. The Balaban J connectivity index is 3.17. The van der Waals surface area contributed by atoms with Crippen molar-refractivity contribution in [2.75, 3.05) is 7.11 Å². The van der Waals surface area contributed by atoms with Gasteiger partial charge in [0.05, 0.1) is 7.11 Å². The molecule has 0 unspecified atom stereocenters. The molecule has 14 heavy (non-hydrogen) atoms. The van der Waals surface area contributed by atoms with Gasteiger partial charge in [-0.3, -0.25) is 4.79 Å². The molecule has 0 aliphatic carbocycles. The predicted molar refractivity (Wildman–Crippen MR) is 55.0 cm³/mol. The Morgan fingerprint density at radius 2 is 2.21 bits per heavy atom. The molecule has 0 fully saturated rings. The average molecular weight is 261 g/mol. The first-order valence-electron chi connectivity index (χ1n) is 4.06. The van der Waals surface area contributed by atoms with Crippen LogP contribution in [0.25, 0.3) is 0 Å². The van der Waals surface area contributed by atoms with Gasteiger partial charge in [0.25, 0.3) is 0 Å². The highest BCUT2D eigenvalue weighted by molar-refractivity contribution is 9.10. The van der Waals surface area contributed by atoms with Crippen LogP contribution in [0.1, 0.15) is 12.5 Å². The summed E-state index contributed by atoms with van der Waals surface area (Å²) in [6.45, 7) is 1.46. The Morgan fingerprint density at radius 3 is 2.71 bits per heavy atom. The number of Topliss-reactive ketones (excluding diaryl/α,β-unsaturated/α-hetero) is 1. The molecule has 0 N–H and O–H groups in total. The summed E-state index contributed by atoms with van der Waals surface area (Å²) >= 11 is 3.16. The molecule has 1 aromatic rings. The predicted octanol–water partition coefficient (Wildman–Crippen LogP) is 2.73. The Bertz CT molecular complexity index is 363. The summed E-state index contributed by atoms with van der Waals surface area (Å²) in [5.74, 6) is -0.345.